The van der Waals surface area contributed by atoms with Crippen LogP contribution in [-0.4, -0.2) is 41.8 Å². The zero-order valence-electron chi connectivity index (χ0n) is 11.6. The van der Waals surface area contributed by atoms with Crippen LogP contribution in [0.5, 0.6) is 34.5 Å². The Morgan fingerprint density at radius 3 is 2.00 bits per heavy atom. The molecule has 3 rings (SSSR count). The highest BCUT2D eigenvalue weighted by molar-refractivity contribution is 5.55. The highest BCUT2D eigenvalue weighted by Crippen LogP contribution is 2.48. The van der Waals surface area contributed by atoms with Gasteiger partial charge in [0, 0.05) is 17.7 Å². The number of hydrogen-bond acceptors (Lipinski definition) is 8. The lowest BCUT2D eigenvalue weighted by molar-refractivity contribution is -0.0711. The summed E-state index contributed by atoms with van der Waals surface area (Å²) in [6, 6.07) is 4.26. The van der Waals surface area contributed by atoms with Crippen molar-refractivity contribution in [2.24, 2.45) is 0 Å². The van der Waals surface area contributed by atoms with Crippen molar-refractivity contribution < 1.29 is 40.5 Å². The molecule has 1 aliphatic rings. The summed E-state index contributed by atoms with van der Waals surface area (Å²) in [5, 5.41) is 68.2. The molecule has 0 bridgehead atoms. The predicted molar refractivity (Wildman–Crippen MR) is 75.5 cm³/mol. The van der Waals surface area contributed by atoms with Crippen LogP contribution >= 0.6 is 0 Å². The Hall–Kier alpha value is -2.84. The highest BCUT2D eigenvalue weighted by Gasteiger charge is 2.39. The van der Waals surface area contributed by atoms with Crippen molar-refractivity contribution in [3.05, 3.63) is 35.4 Å². The largest absolute Gasteiger partial charge is 0.508 e. The van der Waals surface area contributed by atoms with Crippen LogP contribution in [0.15, 0.2) is 24.3 Å². The second-order valence-electron chi connectivity index (χ2n) is 5.26. The van der Waals surface area contributed by atoms with Gasteiger partial charge in [-0.15, -0.1) is 0 Å². The van der Waals surface area contributed by atoms with E-state index in [0.717, 1.165) is 24.3 Å². The molecule has 2 aromatic carbocycles. The average Bonchev–Trinajstić information content (AvgIpc) is 2.47. The third-order valence-electron chi connectivity index (χ3n) is 3.71. The molecule has 8 heteroatoms. The Bertz CT molecular complexity index is 749. The van der Waals surface area contributed by atoms with E-state index in [1.165, 1.54) is 0 Å². The molecule has 0 unspecified atom stereocenters. The number of aliphatic hydroxyl groups excluding tert-OH is 2. The van der Waals surface area contributed by atoms with E-state index in [2.05, 4.69) is 0 Å². The van der Waals surface area contributed by atoms with Crippen molar-refractivity contribution in [1.82, 2.24) is 0 Å². The molecule has 0 amide bonds. The Kier molecular flexibility index (Phi) is 3.35. The first-order chi connectivity index (χ1) is 10.8. The molecule has 122 valence electrons. The number of phenols is 5. The molecular weight excluding hydrogens is 308 g/mol. The molecule has 0 spiro atoms. The van der Waals surface area contributed by atoms with Gasteiger partial charge in [-0.3, -0.25) is 0 Å². The molecule has 23 heavy (non-hydrogen) atoms. The van der Waals surface area contributed by atoms with E-state index in [1.807, 2.05) is 0 Å². The summed E-state index contributed by atoms with van der Waals surface area (Å²) >= 11 is 0. The average molecular weight is 322 g/mol. The molecule has 1 heterocycles. The summed E-state index contributed by atoms with van der Waals surface area (Å²) in [5.74, 6) is -2.79. The Labute approximate surface area is 129 Å². The fourth-order valence-electron chi connectivity index (χ4n) is 2.59. The number of aromatic hydroxyl groups is 5. The molecule has 0 saturated carbocycles. The number of phenolic OH excluding ortho intramolecular Hbond substituents is 5. The zero-order chi connectivity index (χ0) is 16.9. The van der Waals surface area contributed by atoms with Crippen LogP contribution in [0.25, 0.3) is 0 Å². The van der Waals surface area contributed by atoms with Gasteiger partial charge in [-0.1, -0.05) is 0 Å². The molecule has 8 nitrogen and oxygen atoms in total. The maximum Gasteiger partial charge on any atom is 0.200 e. The van der Waals surface area contributed by atoms with E-state index in [9.17, 15) is 35.7 Å². The van der Waals surface area contributed by atoms with E-state index < -0.39 is 41.3 Å². The standard InChI is InChI=1S/C15H14O8/c16-6-3-7(17)11-10(4-6)23-15(14(22)13(11)21)5-1-8(18)12(20)9(19)2-5/h1-4,13-22H/t13-,14+,15-/m0/s1. The van der Waals surface area contributed by atoms with Gasteiger partial charge in [-0.25, -0.2) is 0 Å². The van der Waals surface area contributed by atoms with E-state index >= 15 is 0 Å². The smallest absolute Gasteiger partial charge is 0.200 e. The monoisotopic (exact) mass is 322 g/mol. The highest BCUT2D eigenvalue weighted by atomic mass is 16.5. The van der Waals surface area contributed by atoms with Gasteiger partial charge in [0.15, 0.2) is 23.4 Å². The minimum Gasteiger partial charge on any atom is -0.508 e. The van der Waals surface area contributed by atoms with E-state index in [-0.39, 0.29) is 22.6 Å². The lowest BCUT2D eigenvalue weighted by Crippen LogP contribution is -2.34. The second-order valence-corrected chi connectivity index (χ2v) is 5.26. The fraction of sp³-hybridized carbons (Fsp3) is 0.200. The summed E-state index contributed by atoms with van der Waals surface area (Å²) in [6.45, 7) is 0. The van der Waals surface area contributed by atoms with Crippen molar-refractivity contribution in [2.75, 3.05) is 0 Å². The van der Waals surface area contributed by atoms with Gasteiger partial charge in [0.1, 0.15) is 29.5 Å². The van der Waals surface area contributed by atoms with Crippen LogP contribution in [0.1, 0.15) is 23.3 Å². The molecule has 1 aliphatic heterocycles. The van der Waals surface area contributed by atoms with Crippen molar-refractivity contribution in [2.45, 2.75) is 18.3 Å². The normalized spacial score (nSPS) is 23.1. The first-order valence-corrected chi connectivity index (χ1v) is 6.63. The summed E-state index contributed by atoms with van der Waals surface area (Å²) < 4.78 is 5.48. The van der Waals surface area contributed by atoms with Crippen LogP contribution in [0.2, 0.25) is 0 Å². The van der Waals surface area contributed by atoms with Gasteiger partial charge in [-0.2, -0.15) is 0 Å². The Morgan fingerprint density at radius 1 is 0.783 bits per heavy atom. The third kappa shape index (κ3) is 2.33. The topological polar surface area (TPSA) is 151 Å². The van der Waals surface area contributed by atoms with Gasteiger partial charge < -0.3 is 40.5 Å². The molecule has 0 aromatic heterocycles. The number of rotatable bonds is 1. The van der Waals surface area contributed by atoms with Gasteiger partial charge >= 0.3 is 0 Å². The maximum absolute atomic E-state index is 10.2. The number of benzene rings is 2. The van der Waals surface area contributed by atoms with Crippen molar-refractivity contribution >= 4 is 0 Å². The molecular formula is C15H14O8. The van der Waals surface area contributed by atoms with Gasteiger partial charge in [0.2, 0.25) is 0 Å². The minimum atomic E-state index is -1.53. The first-order valence-electron chi connectivity index (χ1n) is 6.63. The summed E-state index contributed by atoms with van der Waals surface area (Å²) in [6.07, 6.45) is -4.26. The van der Waals surface area contributed by atoms with Crippen LogP contribution in [0.4, 0.5) is 0 Å². The minimum absolute atomic E-state index is 0.0580. The Morgan fingerprint density at radius 2 is 1.39 bits per heavy atom. The second kappa shape index (κ2) is 5.11. The third-order valence-corrected chi connectivity index (χ3v) is 3.71. The number of ether oxygens (including phenoxy) is 1. The van der Waals surface area contributed by atoms with Crippen molar-refractivity contribution in [1.29, 1.82) is 0 Å². The summed E-state index contributed by atoms with van der Waals surface area (Å²) in [7, 11) is 0. The zero-order valence-corrected chi connectivity index (χ0v) is 11.6. The van der Waals surface area contributed by atoms with E-state index in [1.54, 1.807) is 0 Å². The molecule has 0 saturated heterocycles. The van der Waals surface area contributed by atoms with E-state index in [4.69, 9.17) is 4.74 Å². The number of hydrogen-bond donors (Lipinski definition) is 7. The Balaban J connectivity index is 2.09. The maximum atomic E-state index is 10.2. The quantitative estimate of drug-likeness (QED) is 0.380. The number of fused-ring (bicyclic) bond motifs is 1. The molecule has 0 radical (unpaired) electrons. The van der Waals surface area contributed by atoms with Crippen molar-refractivity contribution in [3.63, 3.8) is 0 Å². The number of aliphatic hydroxyl groups is 2. The van der Waals surface area contributed by atoms with Crippen LogP contribution < -0.4 is 4.74 Å². The molecule has 7 N–H and O–H groups in total. The summed E-state index contributed by atoms with van der Waals surface area (Å²) in [4.78, 5) is 0. The van der Waals surface area contributed by atoms with E-state index in [0.29, 0.717) is 0 Å². The van der Waals surface area contributed by atoms with Gasteiger partial charge in [0.25, 0.3) is 0 Å². The van der Waals surface area contributed by atoms with Crippen LogP contribution in [0, 0.1) is 0 Å². The molecule has 0 aliphatic carbocycles. The fourth-order valence-corrected chi connectivity index (χ4v) is 2.59. The van der Waals surface area contributed by atoms with Gasteiger partial charge in [0.05, 0.1) is 5.56 Å². The van der Waals surface area contributed by atoms with Crippen molar-refractivity contribution in [3.8, 4) is 34.5 Å². The lowest BCUT2D eigenvalue weighted by atomic mass is 9.91. The molecule has 3 atom stereocenters. The lowest BCUT2D eigenvalue weighted by Gasteiger charge is -2.34. The molecule has 0 fully saturated rings. The predicted octanol–water partition coefficient (Wildman–Crippen LogP) is 0.743. The first kappa shape index (κ1) is 15.1. The van der Waals surface area contributed by atoms with Gasteiger partial charge in [-0.05, 0) is 12.1 Å². The van der Waals surface area contributed by atoms with Crippen LogP contribution in [0.3, 0.4) is 0 Å². The SMILES string of the molecule is Oc1cc(O)c2c(c1)O[C@@H](c1cc(O)c(O)c(O)c1)[C@H](O)[C@H]2O. The summed E-state index contributed by atoms with van der Waals surface area (Å²) in [5.41, 5.74) is -0.00314. The molecule has 2 aromatic rings. The van der Waals surface area contributed by atoms with Crippen LogP contribution in [-0.2, 0) is 0 Å².